The van der Waals surface area contributed by atoms with Crippen molar-refractivity contribution < 1.29 is 9.22 Å². The minimum Gasteiger partial charge on any atom is -0.543 e. The van der Waals surface area contributed by atoms with Gasteiger partial charge in [0.25, 0.3) is 0 Å². The second-order valence-corrected chi connectivity index (χ2v) is 15.3. The van der Waals surface area contributed by atoms with E-state index in [1.54, 1.807) is 0 Å². The molecular weight excluding hydrogens is 384 g/mol. The summed E-state index contributed by atoms with van der Waals surface area (Å²) in [6.45, 7) is 11.4. The quantitative estimate of drug-likeness (QED) is 0.520. The van der Waals surface area contributed by atoms with Crippen LogP contribution in [0.5, 0.6) is 5.75 Å². The lowest BCUT2D eigenvalue weighted by atomic mass is 9.57. The van der Waals surface area contributed by atoms with Crippen molar-refractivity contribution in [3.05, 3.63) is 77.4 Å². The lowest BCUT2D eigenvalue weighted by Crippen LogP contribution is -2.44. The Morgan fingerprint density at radius 2 is 1.83 bits per heavy atom. The molecule has 2 nitrogen and oxygen atoms in total. The summed E-state index contributed by atoms with van der Waals surface area (Å²) in [5.74, 6) is 1.64. The summed E-state index contributed by atoms with van der Waals surface area (Å²) in [4.78, 5) is 12.2. The molecule has 0 radical (unpaired) electrons. The Labute approximate surface area is 182 Å². The Balaban J connectivity index is 1.74. The monoisotopic (exact) mass is 418 g/mol. The van der Waals surface area contributed by atoms with Crippen LogP contribution in [0.4, 0.5) is 0 Å². The summed E-state index contributed by atoms with van der Waals surface area (Å²) in [6, 6.07) is 17.4. The standard InChI is InChI=1S/C27H34O2Si/c1-26(2,3)30(4,5)29-24-13-14-25-21(17-24)11-12-22-18-23(28)15-16-27(22,25)19-20-9-7-6-8-10-20/h6-10,13-17,22H,11-12,18-19H2,1-5H3/t22-,27+/m1/s1. The summed E-state index contributed by atoms with van der Waals surface area (Å²) in [5, 5.41) is 0.176. The van der Waals surface area contributed by atoms with Crippen molar-refractivity contribution in [3.8, 4) is 5.75 Å². The Morgan fingerprint density at radius 3 is 2.53 bits per heavy atom. The number of allylic oxidation sites excluding steroid dienone is 2. The van der Waals surface area contributed by atoms with Crippen LogP contribution >= 0.6 is 0 Å². The highest BCUT2D eigenvalue weighted by Crippen LogP contribution is 2.49. The normalized spacial score (nSPS) is 23.6. The smallest absolute Gasteiger partial charge is 0.250 e. The molecule has 2 aliphatic carbocycles. The summed E-state index contributed by atoms with van der Waals surface area (Å²) in [5.41, 5.74) is 4.00. The molecule has 0 bridgehead atoms. The van der Waals surface area contributed by atoms with E-state index in [-0.39, 0.29) is 16.2 Å². The molecule has 0 aliphatic heterocycles. The van der Waals surface area contributed by atoms with Crippen molar-refractivity contribution in [2.45, 2.75) is 70.0 Å². The van der Waals surface area contributed by atoms with Gasteiger partial charge in [-0.3, -0.25) is 4.79 Å². The fourth-order valence-corrected chi connectivity index (χ4v) is 5.87. The van der Waals surface area contributed by atoms with Crippen LogP contribution in [0.2, 0.25) is 18.1 Å². The molecule has 2 aromatic carbocycles. The third kappa shape index (κ3) is 3.80. The predicted octanol–water partition coefficient (Wildman–Crippen LogP) is 6.64. The van der Waals surface area contributed by atoms with E-state index in [1.165, 1.54) is 16.7 Å². The molecule has 0 N–H and O–H groups in total. The zero-order valence-electron chi connectivity index (χ0n) is 19.0. The van der Waals surface area contributed by atoms with Crippen LogP contribution in [-0.4, -0.2) is 14.1 Å². The van der Waals surface area contributed by atoms with Crippen LogP contribution in [0.25, 0.3) is 0 Å². The van der Waals surface area contributed by atoms with Gasteiger partial charge in [-0.1, -0.05) is 63.2 Å². The molecule has 2 aromatic rings. The van der Waals surface area contributed by atoms with E-state index in [1.807, 2.05) is 6.08 Å². The molecule has 0 unspecified atom stereocenters. The molecule has 2 atom stereocenters. The zero-order valence-corrected chi connectivity index (χ0v) is 20.0. The number of carbonyl (C=O) groups is 1. The minimum absolute atomic E-state index is 0.0989. The van der Waals surface area contributed by atoms with Gasteiger partial charge in [-0.05, 0) is 78.2 Å². The Morgan fingerprint density at radius 1 is 1.10 bits per heavy atom. The molecule has 4 rings (SSSR count). The third-order valence-electron chi connectivity index (χ3n) is 7.60. The number of fused-ring (bicyclic) bond motifs is 3. The summed E-state index contributed by atoms with van der Waals surface area (Å²) < 4.78 is 6.60. The number of rotatable bonds is 4. The first-order valence-corrected chi connectivity index (χ1v) is 14.1. The van der Waals surface area contributed by atoms with Crippen LogP contribution in [0.1, 0.15) is 50.3 Å². The van der Waals surface area contributed by atoms with E-state index in [0.29, 0.717) is 12.3 Å². The van der Waals surface area contributed by atoms with Crippen LogP contribution in [0, 0.1) is 5.92 Å². The Hall–Kier alpha value is -2.13. The van der Waals surface area contributed by atoms with Gasteiger partial charge in [0.05, 0.1) is 0 Å². The number of ketones is 1. The summed E-state index contributed by atoms with van der Waals surface area (Å²) >= 11 is 0. The highest BCUT2D eigenvalue weighted by molar-refractivity contribution is 6.74. The highest BCUT2D eigenvalue weighted by Gasteiger charge is 2.45. The van der Waals surface area contributed by atoms with Gasteiger partial charge in [0.2, 0.25) is 8.32 Å². The molecule has 0 saturated carbocycles. The maximum Gasteiger partial charge on any atom is 0.250 e. The largest absolute Gasteiger partial charge is 0.543 e. The van der Waals surface area contributed by atoms with Gasteiger partial charge in [0.15, 0.2) is 5.78 Å². The lowest BCUT2D eigenvalue weighted by Gasteiger charge is -2.46. The van der Waals surface area contributed by atoms with E-state index in [4.69, 9.17) is 4.43 Å². The second-order valence-electron chi connectivity index (χ2n) is 10.6. The lowest BCUT2D eigenvalue weighted by molar-refractivity contribution is -0.116. The average Bonchev–Trinajstić information content (AvgIpc) is 2.68. The fourth-order valence-electron chi connectivity index (χ4n) is 4.84. The molecule has 0 spiro atoms. The van der Waals surface area contributed by atoms with Crippen molar-refractivity contribution in [1.29, 1.82) is 0 Å². The predicted molar refractivity (Wildman–Crippen MR) is 127 cm³/mol. The molecule has 3 heteroatoms. The third-order valence-corrected chi connectivity index (χ3v) is 12.0. The Bertz CT molecular complexity index is 968. The van der Waals surface area contributed by atoms with E-state index >= 15 is 0 Å². The molecule has 0 saturated heterocycles. The molecule has 158 valence electrons. The number of aryl methyl sites for hydroxylation is 1. The van der Waals surface area contributed by atoms with E-state index in [0.717, 1.165) is 25.0 Å². The van der Waals surface area contributed by atoms with Crippen molar-refractivity contribution >= 4 is 14.1 Å². The van der Waals surface area contributed by atoms with Crippen molar-refractivity contribution in [3.63, 3.8) is 0 Å². The van der Waals surface area contributed by atoms with Gasteiger partial charge in [0.1, 0.15) is 5.75 Å². The molecule has 2 aliphatic rings. The number of benzene rings is 2. The first-order chi connectivity index (χ1) is 14.1. The summed E-state index contributed by atoms with van der Waals surface area (Å²) in [7, 11) is -1.87. The number of carbonyl (C=O) groups excluding carboxylic acids is 1. The molecule has 0 fully saturated rings. The highest BCUT2D eigenvalue weighted by atomic mass is 28.4. The number of hydrogen-bond acceptors (Lipinski definition) is 2. The van der Waals surface area contributed by atoms with Gasteiger partial charge in [-0.25, -0.2) is 0 Å². The topological polar surface area (TPSA) is 26.3 Å². The molecular formula is C27H34O2Si. The molecule has 0 aromatic heterocycles. The van der Waals surface area contributed by atoms with Gasteiger partial charge >= 0.3 is 0 Å². The zero-order chi connectivity index (χ0) is 21.6. The summed E-state index contributed by atoms with van der Waals surface area (Å²) in [6.07, 6.45) is 7.71. The van der Waals surface area contributed by atoms with Gasteiger partial charge in [0, 0.05) is 11.8 Å². The van der Waals surface area contributed by atoms with E-state index < -0.39 is 8.32 Å². The molecule has 30 heavy (non-hydrogen) atoms. The SMILES string of the molecule is CC(C)(C)[Si](C)(C)Oc1ccc2c(c1)CC[C@@H]1CC(=O)C=C[C@@]21Cc1ccccc1. The van der Waals surface area contributed by atoms with Crippen LogP contribution in [0.3, 0.4) is 0 Å². The van der Waals surface area contributed by atoms with Crippen molar-refractivity contribution in [2.75, 3.05) is 0 Å². The van der Waals surface area contributed by atoms with E-state index in [9.17, 15) is 4.79 Å². The van der Waals surface area contributed by atoms with Crippen LogP contribution < -0.4 is 4.43 Å². The fraction of sp³-hybridized carbons (Fsp3) is 0.444. The van der Waals surface area contributed by atoms with Crippen molar-refractivity contribution in [2.24, 2.45) is 5.92 Å². The maximum absolute atomic E-state index is 12.2. The number of hydrogen-bond donors (Lipinski definition) is 0. The Kier molecular flexibility index (Phi) is 5.30. The second kappa shape index (κ2) is 7.53. The van der Waals surface area contributed by atoms with Gasteiger partial charge < -0.3 is 4.43 Å². The first-order valence-electron chi connectivity index (χ1n) is 11.2. The molecule has 0 amide bonds. The van der Waals surface area contributed by atoms with Crippen LogP contribution in [0.15, 0.2) is 60.7 Å². The van der Waals surface area contributed by atoms with Gasteiger partial charge in [-0.2, -0.15) is 0 Å². The molecule has 0 heterocycles. The maximum atomic E-state index is 12.2. The van der Waals surface area contributed by atoms with Crippen LogP contribution in [-0.2, 0) is 23.1 Å². The van der Waals surface area contributed by atoms with Crippen molar-refractivity contribution in [1.82, 2.24) is 0 Å². The first kappa shape index (κ1) is 21.1. The minimum atomic E-state index is -1.87. The van der Waals surface area contributed by atoms with E-state index in [2.05, 4.69) is 88.5 Å². The van der Waals surface area contributed by atoms with Gasteiger partial charge in [-0.15, -0.1) is 0 Å². The average molecular weight is 419 g/mol.